The number of thiazole rings is 1. The molecule has 3 aliphatic rings. The number of fused-ring (bicyclic) bond motifs is 7. The number of aromatic nitrogens is 3. The molecule has 1 aromatic carbocycles. The van der Waals surface area contributed by atoms with Crippen LogP contribution in [0.3, 0.4) is 0 Å². The molecule has 9 heteroatoms. The van der Waals surface area contributed by atoms with Crippen LogP contribution >= 0.6 is 11.3 Å². The van der Waals surface area contributed by atoms with E-state index in [0.29, 0.717) is 28.3 Å². The van der Waals surface area contributed by atoms with Crippen LogP contribution in [-0.4, -0.2) is 25.8 Å². The summed E-state index contributed by atoms with van der Waals surface area (Å²) in [6.07, 6.45) is 5.80. The molecule has 33 heavy (non-hydrogen) atoms. The second-order valence-electron chi connectivity index (χ2n) is 10.3. The first kappa shape index (κ1) is 20.7. The second-order valence-corrected chi connectivity index (χ2v) is 11.3. The fraction of sp³-hybridized carbons (Fsp3) is 0.500. The van der Waals surface area contributed by atoms with E-state index < -0.39 is 15.8 Å². The lowest BCUT2D eigenvalue weighted by molar-refractivity contribution is -0.384. The number of hydrogen-bond acceptors (Lipinski definition) is 7. The Bertz CT molecular complexity index is 1340. The van der Waals surface area contributed by atoms with E-state index in [1.54, 1.807) is 17.4 Å². The first-order valence-corrected chi connectivity index (χ1v) is 12.3. The third-order valence-corrected chi connectivity index (χ3v) is 9.76. The van der Waals surface area contributed by atoms with Crippen molar-refractivity contribution in [3.8, 4) is 0 Å². The van der Waals surface area contributed by atoms with Gasteiger partial charge in [0.1, 0.15) is 0 Å². The van der Waals surface area contributed by atoms with E-state index in [0.717, 1.165) is 37.1 Å². The monoisotopic (exact) mass is 463 g/mol. The van der Waals surface area contributed by atoms with E-state index in [1.807, 2.05) is 0 Å². The molecule has 0 aliphatic heterocycles. The van der Waals surface area contributed by atoms with Gasteiger partial charge in [-0.3, -0.25) is 14.9 Å². The molecular formula is C24H25N5O3S. The van der Waals surface area contributed by atoms with Gasteiger partial charge in [0.05, 0.1) is 38.5 Å². The van der Waals surface area contributed by atoms with Crippen molar-refractivity contribution < 1.29 is 9.72 Å². The van der Waals surface area contributed by atoms with Crippen LogP contribution in [0.15, 0.2) is 18.2 Å². The zero-order valence-electron chi connectivity index (χ0n) is 18.9. The van der Waals surface area contributed by atoms with E-state index in [4.69, 9.17) is 15.0 Å². The Balaban J connectivity index is 1.49. The topological polar surface area (TPSA) is 111 Å². The number of nitrogens with one attached hydrogen (secondary N) is 1. The maximum absolute atomic E-state index is 14.0. The van der Waals surface area contributed by atoms with Gasteiger partial charge in [-0.25, -0.2) is 15.0 Å². The van der Waals surface area contributed by atoms with Gasteiger partial charge in [-0.2, -0.15) is 0 Å². The van der Waals surface area contributed by atoms with Crippen molar-refractivity contribution in [3.63, 3.8) is 0 Å². The van der Waals surface area contributed by atoms with Crippen LogP contribution in [0.5, 0.6) is 0 Å². The molecule has 3 aromatic rings. The molecular weight excluding hydrogens is 438 g/mol. The molecule has 0 radical (unpaired) electrons. The van der Waals surface area contributed by atoms with Gasteiger partial charge >= 0.3 is 0 Å². The average Bonchev–Trinajstić information content (AvgIpc) is 3.33. The highest BCUT2D eigenvalue weighted by Crippen LogP contribution is 2.70. The van der Waals surface area contributed by atoms with Gasteiger partial charge in [-0.1, -0.05) is 20.8 Å². The minimum atomic E-state index is -0.866. The fourth-order valence-electron chi connectivity index (χ4n) is 6.32. The summed E-state index contributed by atoms with van der Waals surface area (Å²) in [6.45, 7) is 6.42. The number of amides is 1. The molecule has 3 aliphatic carbocycles. The first-order chi connectivity index (χ1) is 15.7. The van der Waals surface area contributed by atoms with Gasteiger partial charge in [-0.05, 0) is 50.0 Å². The molecule has 1 fully saturated rings. The Morgan fingerprint density at radius 3 is 2.58 bits per heavy atom. The van der Waals surface area contributed by atoms with Gasteiger partial charge in [0, 0.05) is 22.4 Å². The summed E-state index contributed by atoms with van der Waals surface area (Å²) in [5.41, 5.74) is 2.05. The number of carbonyl (C=O) groups is 1. The molecule has 0 spiro atoms. The van der Waals surface area contributed by atoms with Crippen LogP contribution in [0, 0.1) is 15.5 Å². The normalized spacial score (nSPS) is 26.8. The number of carbonyl (C=O) groups excluding carboxylic acids is 1. The molecule has 2 atom stereocenters. The highest BCUT2D eigenvalue weighted by molar-refractivity contribution is 7.15. The average molecular weight is 464 g/mol. The van der Waals surface area contributed by atoms with Crippen LogP contribution in [-0.2, 0) is 28.5 Å². The highest BCUT2D eigenvalue weighted by Gasteiger charge is 2.73. The van der Waals surface area contributed by atoms with Crippen molar-refractivity contribution in [2.45, 2.75) is 70.1 Å². The van der Waals surface area contributed by atoms with Crippen LogP contribution in [0.1, 0.15) is 68.4 Å². The van der Waals surface area contributed by atoms with Gasteiger partial charge < -0.3 is 5.32 Å². The molecule has 1 N–H and O–H groups in total. The molecule has 6 rings (SSSR count). The van der Waals surface area contributed by atoms with Crippen molar-refractivity contribution in [3.05, 3.63) is 50.3 Å². The first-order valence-electron chi connectivity index (χ1n) is 11.4. The molecule has 2 unspecified atom stereocenters. The van der Waals surface area contributed by atoms with E-state index in [-0.39, 0.29) is 17.0 Å². The Labute approximate surface area is 195 Å². The van der Waals surface area contributed by atoms with Gasteiger partial charge in [0.2, 0.25) is 5.91 Å². The van der Waals surface area contributed by atoms with Crippen molar-refractivity contribution in [2.24, 2.45) is 5.41 Å². The molecule has 2 aromatic heterocycles. The summed E-state index contributed by atoms with van der Waals surface area (Å²) < 4.78 is 0. The maximum Gasteiger partial charge on any atom is 0.271 e. The highest BCUT2D eigenvalue weighted by atomic mass is 32.1. The number of aryl methyl sites for hydroxylation is 2. The largest absolute Gasteiger partial charge is 0.301 e. The van der Waals surface area contributed by atoms with Crippen molar-refractivity contribution in [2.75, 3.05) is 5.32 Å². The quantitative estimate of drug-likeness (QED) is 0.439. The summed E-state index contributed by atoms with van der Waals surface area (Å²) in [7, 11) is 0. The van der Waals surface area contributed by atoms with Crippen molar-refractivity contribution >= 4 is 39.1 Å². The van der Waals surface area contributed by atoms with E-state index >= 15 is 0 Å². The number of benzene rings is 1. The Morgan fingerprint density at radius 1 is 1.06 bits per heavy atom. The van der Waals surface area contributed by atoms with Crippen molar-refractivity contribution in [1.82, 2.24) is 15.0 Å². The predicted octanol–water partition coefficient (Wildman–Crippen LogP) is 4.84. The van der Waals surface area contributed by atoms with E-state index in [9.17, 15) is 14.9 Å². The lowest BCUT2D eigenvalue weighted by Crippen LogP contribution is -2.48. The second kappa shape index (κ2) is 6.56. The smallest absolute Gasteiger partial charge is 0.271 e. The minimum absolute atomic E-state index is 0.0303. The van der Waals surface area contributed by atoms with Crippen LogP contribution in [0.4, 0.5) is 10.8 Å². The maximum atomic E-state index is 14.0. The molecule has 2 heterocycles. The molecule has 170 valence electrons. The number of hydrogen-bond donors (Lipinski definition) is 1. The summed E-state index contributed by atoms with van der Waals surface area (Å²) in [6, 6.07) is 4.55. The minimum Gasteiger partial charge on any atom is -0.301 e. The SMILES string of the molecule is CC12CCC(C(=O)Nc3nc4c(s3)CCCC4)(c3nc4cc([N+](=O)[O-])ccc4nc31)C2(C)C. The third-order valence-electron chi connectivity index (χ3n) is 8.69. The summed E-state index contributed by atoms with van der Waals surface area (Å²) in [4.78, 5) is 40.7. The number of nitro groups is 1. The third kappa shape index (κ3) is 2.51. The van der Waals surface area contributed by atoms with Crippen LogP contribution < -0.4 is 5.32 Å². The summed E-state index contributed by atoms with van der Waals surface area (Å²) in [5, 5.41) is 15.1. The zero-order valence-corrected chi connectivity index (χ0v) is 19.7. The van der Waals surface area contributed by atoms with Gasteiger partial charge in [0.25, 0.3) is 5.69 Å². The predicted molar refractivity (Wildman–Crippen MR) is 126 cm³/mol. The lowest BCUT2D eigenvalue weighted by atomic mass is 9.63. The van der Waals surface area contributed by atoms with Gasteiger partial charge in [0.15, 0.2) is 5.13 Å². The van der Waals surface area contributed by atoms with E-state index in [2.05, 4.69) is 26.1 Å². The number of non-ortho nitro benzene ring substituents is 1. The molecule has 0 saturated heterocycles. The number of anilines is 1. The Morgan fingerprint density at radius 2 is 1.82 bits per heavy atom. The molecule has 1 amide bonds. The number of nitrogens with zero attached hydrogens (tertiary/aromatic N) is 4. The molecule has 8 nitrogen and oxygen atoms in total. The fourth-order valence-corrected chi connectivity index (χ4v) is 7.36. The zero-order chi connectivity index (χ0) is 23.2. The molecule has 2 bridgehead atoms. The van der Waals surface area contributed by atoms with Gasteiger partial charge in [-0.15, -0.1) is 11.3 Å². The van der Waals surface area contributed by atoms with E-state index in [1.165, 1.54) is 23.4 Å². The number of nitro benzene ring substituents is 1. The Hall–Kier alpha value is -2.94. The molecule has 1 saturated carbocycles. The summed E-state index contributed by atoms with van der Waals surface area (Å²) >= 11 is 1.58. The van der Waals surface area contributed by atoms with Crippen LogP contribution in [0.25, 0.3) is 11.0 Å². The Kier molecular flexibility index (Phi) is 4.11. The van der Waals surface area contributed by atoms with Crippen molar-refractivity contribution in [1.29, 1.82) is 0 Å². The summed E-state index contributed by atoms with van der Waals surface area (Å²) in [5.74, 6) is -0.0971. The standard InChI is InChI=1S/C24H25N5O3S/c1-22(2)23(3)10-11-24(22,20(30)28-21-27-15-6-4-5-7-17(15)33-21)19-18(23)25-14-9-8-13(29(31)32)12-16(14)26-19/h8-9,12H,4-7,10-11H2,1-3H3,(H,27,28,30). The lowest BCUT2D eigenvalue weighted by Gasteiger charge is -2.39. The number of rotatable bonds is 3. The van der Waals surface area contributed by atoms with Crippen LogP contribution in [0.2, 0.25) is 0 Å².